The zero-order valence-corrected chi connectivity index (χ0v) is 16.7. The molecule has 0 aliphatic carbocycles. The SMILES string of the molecule is COC(=O)c1ccc(CN2C(=O)NC(=Cc3ccc(N4CCCCC4)cc3)C2=O)o1. The molecule has 8 nitrogen and oxygen atoms in total. The summed E-state index contributed by atoms with van der Waals surface area (Å²) in [5, 5.41) is 2.60. The van der Waals surface area contributed by atoms with Crippen LogP contribution in [0.15, 0.2) is 46.5 Å². The first-order valence-corrected chi connectivity index (χ1v) is 9.92. The number of nitrogens with one attached hydrogen (secondary N) is 1. The van der Waals surface area contributed by atoms with Crippen LogP contribution < -0.4 is 10.2 Å². The van der Waals surface area contributed by atoms with Gasteiger partial charge in [-0.1, -0.05) is 12.1 Å². The Bertz CT molecular complexity index is 986. The molecule has 1 N–H and O–H groups in total. The summed E-state index contributed by atoms with van der Waals surface area (Å²) in [5.74, 6) is -0.738. The van der Waals surface area contributed by atoms with Crippen molar-refractivity contribution in [1.29, 1.82) is 0 Å². The van der Waals surface area contributed by atoms with Crippen LogP contribution in [0.25, 0.3) is 6.08 Å². The molecule has 1 aromatic carbocycles. The first kappa shape index (κ1) is 19.8. The van der Waals surface area contributed by atoms with Gasteiger partial charge in [-0.3, -0.25) is 9.69 Å². The number of nitrogens with zero attached hydrogens (tertiary/aromatic N) is 2. The molecule has 3 amide bonds. The number of methoxy groups -OCH3 is 1. The van der Waals surface area contributed by atoms with E-state index in [1.54, 1.807) is 6.08 Å². The first-order valence-electron chi connectivity index (χ1n) is 9.92. The van der Waals surface area contributed by atoms with Crippen LogP contribution >= 0.6 is 0 Å². The van der Waals surface area contributed by atoms with E-state index in [1.807, 2.05) is 24.3 Å². The summed E-state index contributed by atoms with van der Waals surface area (Å²) >= 11 is 0. The van der Waals surface area contributed by atoms with Crippen molar-refractivity contribution in [3.63, 3.8) is 0 Å². The zero-order valence-electron chi connectivity index (χ0n) is 16.7. The van der Waals surface area contributed by atoms with Crippen molar-refractivity contribution in [3.05, 3.63) is 59.2 Å². The highest BCUT2D eigenvalue weighted by atomic mass is 16.5. The smallest absolute Gasteiger partial charge is 0.373 e. The van der Waals surface area contributed by atoms with E-state index in [4.69, 9.17) is 4.42 Å². The molecule has 2 saturated heterocycles. The van der Waals surface area contributed by atoms with Gasteiger partial charge in [0.25, 0.3) is 5.91 Å². The normalized spacial score (nSPS) is 18.1. The molecular weight excluding hydrogens is 386 g/mol. The van der Waals surface area contributed by atoms with Crippen molar-refractivity contribution >= 4 is 29.7 Å². The molecule has 0 atom stereocenters. The summed E-state index contributed by atoms with van der Waals surface area (Å²) in [6.07, 6.45) is 5.35. The molecule has 1 aromatic heterocycles. The number of amides is 3. The van der Waals surface area contributed by atoms with E-state index >= 15 is 0 Å². The van der Waals surface area contributed by atoms with E-state index in [-0.39, 0.29) is 18.0 Å². The van der Waals surface area contributed by atoms with Gasteiger partial charge in [0.15, 0.2) is 0 Å². The Hall–Kier alpha value is -3.55. The summed E-state index contributed by atoms with van der Waals surface area (Å²) in [6, 6.07) is 10.4. The highest BCUT2D eigenvalue weighted by molar-refractivity contribution is 6.13. The van der Waals surface area contributed by atoms with Crippen LogP contribution in [0.2, 0.25) is 0 Å². The molecule has 0 spiro atoms. The van der Waals surface area contributed by atoms with E-state index in [0.717, 1.165) is 23.6 Å². The van der Waals surface area contributed by atoms with Gasteiger partial charge in [0, 0.05) is 18.8 Å². The maximum absolute atomic E-state index is 12.7. The number of hydrogen-bond acceptors (Lipinski definition) is 6. The third-order valence-electron chi connectivity index (χ3n) is 5.25. The fourth-order valence-corrected chi connectivity index (χ4v) is 3.64. The molecule has 0 radical (unpaired) electrons. The Morgan fingerprint density at radius 2 is 1.83 bits per heavy atom. The Balaban J connectivity index is 1.44. The number of esters is 1. The average Bonchev–Trinajstić information content (AvgIpc) is 3.35. The number of furan rings is 1. The maximum atomic E-state index is 12.7. The predicted octanol–water partition coefficient (Wildman–Crippen LogP) is 3.15. The predicted molar refractivity (Wildman–Crippen MR) is 110 cm³/mol. The van der Waals surface area contributed by atoms with Gasteiger partial charge >= 0.3 is 12.0 Å². The zero-order chi connectivity index (χ0) is 21.1. The molecule has 30 heavy (non-hydrogen) atoms. The molecular formula is C22H23N3O5. The van der Waals surface area contributed by atoms with Gasteiger partial charge in [0.05, 0.1) is 13.7 Å². The molecule has 0 unspecified atom stereocenters. The Morgan fingerprint density at radius 3 is 2.53 bits per heavy atom. The molecule has 156 valence electrons. The van der Waals surface area contributed by atoms with E-state index < -0.39 is 17.9 Å². The number of urea groups is 1. The van der Waals surface area contributed by atoms with Crippen LogP contribution in [0.5, 0.6) is 0 Å². The first-order chi connectivity index (χ1) is 14.5. The number of imide groups is 1. The van der Waals surface area contributed by atoms with Crippen molar-refractivity contribution in [2.45, 2.75) is 25.8 Å². The van der Waals surface area contributed by atoms with Gasteiger partial charge in [-0.25, -0.2) is 9.59 Å². The van der Waals surface area contributed by atoms with Gasteiger partial charge in [0.1, 0.15) is 11.5 Å². The third-order valence-corrected chi connectivity index (χ3v) is 5.25. The second kappa shape index (κ2) is 8.44. The fourth-order valence-electron chi connectivity index (χ4n) is 3.64. The summed E-state index contributed by atoms with van der Waals surface area (Å²) < 4.78 is 9.93. The Kier molecular flexibility index (Phi) is 5.56. The monoisotopic (exact) mass is 409 g/mol. The Morgan fingerprint density at radius 1 is 1.10 bits per heavy atom. The number of piperidine rings is 1. The minimum Gasteiger partial charge on any atom is -0.463 e. The number of carbonyl (C=O) groups is 3. The second-order valence-corrected chi connectivity index (χ2v) is 7.28. The van der Waals surface area contributed by atoms with Crippen LogP contribution in [0.3, 0.4) is 0 Å². The van der Waals surface area contributed by atoms with Crippen LogP contribution in [0.4, 0.5) is 10.5 Å². The Labute approximate surface area is 174 Å². The van der Waals surface area contributed by atoms with Crippen LogP contribution in [0, 0.1) is 0 Å². The molecule has 3 heterocycles. The van der Waals surface area contributed by atoms with Gasteiger partial charge < -0.3 is 19.4 Å². The van der Waals surface area contributed by atoms with Crippen molar-refractivity contribution in [2.75, 3.05) is 25.1 Å². The number of ether oxygens (including phenoxy) is 1. The number of benzene rings is 1. The van der Waals surface area contributed by atoms with Gasteiger partial charge in [-0.15, -0.1) is 0 Å². The molecule has 8 heteroatoms. The number of rotatable bonds is 5. The topological polar surface area (TPSA) is 92.1 Å². The third kappa shape index (κ3) is 4.07. The number of carbonyl (C=O) groups excluding carboxylic acids is 3. The number of anilines is 1. The van der Waals surface area contributed by atoms with Crippen molar-refractivity contribution in [3.8, 4) is 0 Å². The van der Waals surface area contributed by atoms with E-state index in [9.17, 15) is 14.4 Å². The summed E-state index contributed by atoms with van der Waals surface area (Å²) in [4.78, 5) is 39.8. The standard InChI is InChI=1S/C22H23N3O5/c1-29-21(27)19-10-9-17(30-19)14-25-20(26)18(23-22(25)28)13-15-5-7-16(8-6-15)24-11-3-2-4-12-24/h5-10,13H,2-4,11-12,14H2,1H3,(H,23,28). The fraction of sp³-hybridized carbons (Fsp3) is 0.318. The van der Waals surface area contributed by atoms with Crippen LogP contribution in [-0.2, 0) is 16.1 Å². The largest absolute Gasteiger partial charge is 0.463 e. The lowest BCUT2D eigenvalue weighted by atomic mass is 10.1. The van der Waals surface area contributed by atoms with Gasteiger partial charge in [0.2, 0.25) is 5.76 Å². The highest BCUT2D eigenvalue weighted by Gasteiger charge is 2.34. The molecule has 0 bridgehead atoms. The number of hydrogen-bond donors (Lipinski definition) is 1. The minimum atomic E-state index is -0.618. The summed E-state index contributed by atoms with van der Waals surface area (Å²) in [7, 11) is 1.25. The lowest BCUT2D eigenvalue weighted by molar-refractivity contribution is -0.123. The lowest BCUT2D eigenvalue weighted by Gasteiger charge is -2.28. The van der Waals surface area contributed by atoms with Crippen molar-refractivity contribution < 1.29 is 23.5 Å². The van der Waals surface area contributed by atoms with Crippen molar-refractivity contribution in [2.24, 2.45) is 0 Å². The van der Waals surface area contributed by atoms with E-state index in [0.29, 0.717) is 5.76 Å². The second-order valence-electron chi connectivity index (χ2n) is 7.28. The van der Waals surface area contributed by atoms with E-state index in [1.165, 1.54) is 44.2 Å². The molecule has 4 rings (SSSR count). The summed E-state index contributed by atoms with van der Waals surface area (Å²) in [5.41, 5.74) is 2.19. The summed E-state index contributed by atoms with van der Waals surface area (Å²) in [6.45, 7) is 2.05. The minimum absolute atomic E-state index is 0.0177. The average molecular weight is 409 g/mol. The highest BCUT2D eigenvalue weighted by Crippen LogP contribution is 2.22. The lowest BCUT2D eigenvalue weighted by Crippen LogP contribution is -2.30. The van der Waals surface area contributed by atoms with E-state index in [2.05, 4.69) is 15.0 Å². The van der Waals surface area contributed by atoms with Gasteiger partial charge in [-0.2, -0.15) is 0 Å². The molecule has 2 aliphatic heterocycles. The molecule has 2 aliphatic rings. The molecule has 0 saturated carbocycles. The van der Waals surface area contributed by atoms with Crippen LogP contribution in [-0.4, -0.2) is 43.0 Å². The van der Waals surface area contributed by atoms with Gasteiger partial charge in [-0.05, 0) is 55.2 Å². The molecule has 2 fully saturated rings. The maximum Gasteiger partial charge on any atom is 0.373 e. The van der Waals surface area contributed by atoms with Crippen LogP contribution in [0.1, 0.15) is 41.1 Å². The van der Waals surface area contributed by atoms with Crippen molar-refractivity contribution in [1.82, 2.24) is 10.2 Å². The quantitative estimate of drug-likeness (QED) is 0.463. The molecule has 2 aromatic rings.